The molecule has 102 valence electrons. The lowest BCUT2D eigenvalue weighted by molar-refractivity contribution is 0.771. The zero-order valence-electron chi connectivity index (χ0n) is 11.8. The van der Waals surface area contributed by atoms with E-state index in [1.807, 2.05) is 38.7 Å². The molecule has 2 heterocycles. The molecule has 2 aromatic heterocycles. The van der Waals surface area contributed by atoms with Gasteiger partial charge in [-0.1, -0.05) is 0 Å². The van der Waals surface area contributed by atoms with Crippen LogP contribution in [0.1, 0.15) is 25.2 Å². The fourth-order valence-electron chi connectivity index (χ4n) is 1.90. The van der Waals surface area contributed by atoms with Crippen LogP contribution in [-0.2, 0) is 0 Å². The molecule has 2 N–H and O–H groups in total. The van der Waals surface area contributed by atoms with Gasteiger partial charge in [-0.25, -0.2) is 9.97 Å². The van der Waals surface area contributed by atoms with Gasteiger partial charge in [-0.3, -0.25) is 0 Å². The van der Waals surface area contributed by atoms with Gasteiger partial charge in [0.15, 0.2) is 0 Å². The summed E-state index contributed by atoms with van der Waals surface area (Å²) in [4.78, 5) is 15.0. The Morgan fingerprint density at radius 2 is 1.68 bits per heavy atom. The molecule has 2 rings (SSSR count). The standard InChI is InChI=1S/C12H19N7/c1-5-18(6-2)12-16-10(13)19(17-12)11-14-8(3)7-9(4)15-11/h7H,5-6H2,1-4H3,(H2,13,16,17). The van der Waals surface area contributed by atoms with Crippen molar-refractivity contribution >= 4 is 11.9 Å². The Morgan fingerprint density at radius 1 is 1.11 bits per heavy atom. The third-order valence-electron chi connectivity index (χ3n) is 2.83. The molecule has 0 aromatic carbocycles. The fraction of sp³-hybridized carbons (Fsp3) is 0.500. The predicted octanol–water partition coefficient (Wildman–Crippen LogP) is 1.10. The molecule has 0 aliphatic rings. The molecule has 0 amide bonds. The van der Waals surface area contributed by atoms with Gasteiger partial charge in [-0.05, 0) is 33.8 Å². The van der Waals surface area contributed by atoms with Gasteiger partial charge in [0.05, 0.1) is 0 Å². The van der Waals surface area contributed by atoms with Crippen LogP contribution in [0.4, 0.5) is 11.9 Å². The number of hydrogen-bond donors (Lipinski definition) is 1. The summed E-state index contributed by atoms with van der Waals surface area (Å²) in [6, 6.07) is 1.90. The first-order valence-electron chi connectivity index (χ1n) is 6.35. The Bertz CT molecular complexity index is 551. The molecule has 0 unspecified atom stereocenters. The third kappa shape index (κ3) is 2.64. The minimum Gasteiger partial charge on any atom is -0.368 e. The predicted molar refractivity (Wildman–Crippen MR) is 74.4 cm³/mol. The second-order valence-electron chi connectivity index (χ2n) is 4.30. The maximum atomic E-state index is 5.90. The van der Waals surface area contributed by atoms with Crippen LogP contribution < -0.4 is 10.6 Å². The summed E-state index contributed by atoms with van der Waals surface area (Å²) < 4.78 is 1.48. The lowest BCUT2D eigenvalue weighted by atomic mass is 10.4. The van der Waals surface area contributed by atoms with E-state index in [1.165, 1.54) is 4.68 Å². The summed E-state index contributed by atoms with van der Waals surface area (Å²) in [7, 11) is 0. The van der Waals surface area contributed by atoms with Crippen molar-refractivity contribution in [1.82, 2.24) is 24.7 Å². The van der Waals surface area contributed by atoms with Crippen LogP contribution in [0.25, 0.3) is 5.95 Å². The summed E-state index contributed by atoms with van der Waals surface area (Å²) >= 11 is 0. The second kappa shape index (κ2) is 5.21. The van der Waals surface area contributed by atoms with E-state index in [0.29, 0.717) is 17.8 Å². The summed E-state index contributed by atoms with van der Waals surface area (Å²) in [5.74, 6) is 1.36. The normalized spacial score (nSPS) is 10.7. The van der Waals surface area contributed by atoms with Crippen molar-refractivity contribution in [3.63, 3.8) is 0 Å². The highest BCUT2D eigenvalue weighted by atomic mass is 15.5. The van der Waals surface area contributed by atoms with Crippen molar-refractivity contribution in [3.05, 3.63) is 17.5 Å². The van der Waals surface area contributed by atoms with E-state index in [9.17, 15) is 0 Å². The molecular weight excluding hydrogens is 242 g/mol. The van der Waals surface area contributed by atoms with Gasteiger partial charge in [0.1, 0.15) is 0 Å². The first kappa shape index (κ1) is 13.3. The van der Waals surface area contributed by atoms with E-state index in [-0.39, 0.29) is 0 Å². The lowest BCUT2D eigenvalue weighted by Crippen LogP contribution is -2.23. The minimum atomic E-state index is 0.298. The molecule has 0 radical (unpaired) electrons. The van der Waals surface area contributed by atoms with Crippen molar-refractivity contribution in [1.29, 1.82) is 0 Å². The summed E-state index contributed by atoms with van der Waals surface area (Å²) in [6.45, 7) is 9.58. The highest BCUT2D eigenvalue weighted by Crippen LogP contribution is 2.14. The number of aromatic nitrogens is 5. The van der Waals surface area contributed by atoms with Crippen LogP contribution in [0.2, 0.25) is 0 Å². The minimum absolute atomic E-state index is 0.298. The first-order valence-corrected chi connectivity index (χ1v) is 6.35. The van der Waals surface area contributed by atoms with Gasteiger partial charge in [-0.2, -0.15) is 9.67 Å². The first-order chi connectivity index (χ1) is 9.05. The number of hydrogen-bond acceptors (Lipinski definition) is 6. The van der Waals surface area contributed by atoms with Crippen LogP contribution >= 0.6 is 0 Å². The maximum absolute atomic E-state index is 5.90. The van der Waals surface area contributed by atoms with Gasteiger partial charge in [0.2, 0.25) is 11.9 Å². The number of nitrogen functional groups attached to an aromatic ring is 1. The van der Waals surface area contributed by atoms with E-state index in [4.69, 9.17) is 5.73 Å². The van der Waals surface area contributed by atoms with Crippen molar-refractivity contribution < 1.29 is 0 Å². The summed E-state index contributed by atoms with van der Waals surface area (Å²) in [5.41, 5.74) is 7.66. The van der Waals surface area contributed by atoms with Gasteiger partial charge in [0, 0.05) is 24.5 Å². The van der Waals surface area contributed by atoms with E-state index in [1.54, 1.807) is 0 Å². The Kier molecular flexibility index (Phi) is 3.64. The molecule has 0 spiro atoms. The Labute approximate surface area is 112 Å². The van der Waals surface area contributed by atoms with Crippen LogP contribution in [0.15, 0.2) is 6.07 Å². The molecule has 19 heavy (non-hydrogen) atoms. The van der Waals surface area contributed by atoms with Crippen molar-refractivity contribution in [2.24, 2.45) is 0 Å². The lowest BCUT2D eigenvalue weighted by Gasteiger charge is -2.15. The largest absolute Gasteiger partial charge is 0.368 e. The number of anilines is 2. The monoisotopic (exact) mass is 261 g/mol. The highest BCUT2D eigenvalue weighted by Gasteiger charge is 2.15. The van der Waals surface area contributed by atoms with E-state index in [0.717, 1.165) is 24.5 Å². The van der Waals surface area contributed by atoms with E-state index >= 15 is 0 Å². The van der Waals surface area contributed by atoms with Crippen molar-refractivity contribution in [2.45, 2.75) is 27.7 Å². The Morgan fingerprint density at radius 3 is 2.21 bits per heavy atom. The molecule has 0 atom stereocenters. The van der Waals surface area contributed by atoms with Crippen molar-refractivity contribution in [2.75, 3.05) is 23.7 Å². The van der Waals surface area contributed by atoms with Crippen LogP contribution in [0.5, 0.6) is 0 Å². The number of nitrogens with two attached hydrogens (primary N) is 1. The zero-order chi connectivity index (χ0) is 14.0. The van der Waals surface area contributed by atoms with Gasteiger partial charge in [-0.15, -0.1) is 5.10 Å². The van der Waals surface area contributed by atoms with E-state index in [2.05, 4.69) is 20.1 Å². The van der Waals surface area contributed by atoms with Crippen LogP contribution in [0.3, 0.4) is 0 Å². The summed E-state index contributed by atoms with van der Waals surface area (Å²) in [5, 5.41) is 4.39. The molecule has 0 bridgehead atoms. The van der Waals surface area contributed by atoms with Gasteiger partial charge >= 0.3 is 0 Å². The molecule has 7 nitrogen and oxygen atoms in total. The second-order valence-corrected chi connectivity index (χ2v) is 4.30. The molecular formula is C12H19N7. The average molecular weight is 261 g/mol. The Balaban J connectivity index is 2.45. The number of nitrogens with zero attached hydrogens (tertiary/aromatic N) is 6. The maximum Gasteiger partial charge on any atom is 0.254 e. The SMILES string of the molecule is CCN(CC)c1nc(N)n(-c2nc(C)cc(C)n2)n1. The molecule has 0 fully saturated rings. The number of aryl methyl sites for hydroxylation is 2. The average Bonchev–Trinajstić information content (AvgIpc) is 2.71. The Hall–Kier alpha value is -2.18. The smallest absolute Gasteiger partial charge is 0.254 e. The van der Waals surface area contributed by atoms with Crippen LogP contribution in [-0.4, -0.2) is 37.8 Å². The van der Waals surface area contributed by atoms with E-state index < -0.39 is 0 Å². The van der Waals surface area contributed by atoms with Gasteiger partial charge in [0.25, 0.3) is 5.95 Å². The highest BCUT2D eigenvalue weighted by molar-refractivity contribution is 5.38. The fourth-order valence-corrected chi connectivity index (χ4v) is 1.90. The van der Waals surface area contributed by atoms with Crippen LogP contribution in [0, 0.1) is 13.8 Å². The van der Waals surface area contributed by atoms with Gasteiger partial charge < -0.3 is 10.6 Å². The molecule has 0 saturated carbocycles. The number of rotatable bonds is 4. The molecule has 0 aliphatic carbocycles. The molecule has 2 aromatic rings. The molecule has 7 heteroatoms. The third-order valence-corrected chi connectivity index (χ3v) is 2.83. The molecule has 0 saturated heterocycles. The topological polar surface area (TPSA) is 85.8 Å². The summed E-state index contributed by atoms with van der Waals surface area (Å²) in [6.07, 6.45) is 0. The van der Waals surface area contributed by atoms with Crippen molar-refractivity contribution in [3.8, 4) is 5.95 Å². The quantitative estimate of drug-likeness (QED) is 0.887. The molecule has 0 aliphatic heterocycles. The zero-order valence-corrected chi connectivity index (χ0v) is 11.8.